The molecule has 0 bridgehead atoms. The maximum absolute atomic E-state index is 11.4. The Morgan fingerprint density at radius 3 is 2.90 bits per heavy atom. The van der Waals surface area contributed by atoms with Crippen LogP contribution in [0.5, 0.6) is 0 Å². The summed E-state index contributed by atoms with van der Waals surface area (Å²) in [6.45, 7) is 1.85. The summed E-state index contributed by atoms with van der Waals surface area (Å²) in [5, 5.41) is 10.4. The van der Waals surface area contributed by atoms with Gasteiger partial charge in [0.2, 0.25) is 0 Å². The fourth-order valence-corrected chi connectivity index (χ4v) is 4.72. The Morgan fingerprint density at radius 1 is 1.40 bits per heavy atom. The zero-order chi connectivity index (χ0) is 14.1. The van der Waals surface area contributed by atoms with Gasteiger partial charge in [0.1, 0.15) is 10.7 Å². The maximum Gasteiger partial charge on any atom is 0.346 e. The summed E-state index contributed by atoms with van der Waals surface area (Å²) in [6.07, 6.45) is 0. The topological polar surface area (TPSA) is 63.1 Å². The number of benzene rings is 1. The second kappa shape index (κ2) is 5.51. The van der Waals surface area contributed by atoms with Gasteiger partial charge in [0.25, 0.3) is 0 Å². The van der Waals surface area contributed by atoms with Crippen molar-refractivity contribution in [3.05, 3.63) is 40.5 Å². The molecule has 2 aromatic heterocycles. The lowest BCUT2D eigenvalue weighted by Crippen LogP contribution is -1.96. The molecule has 0 aliphatic carbocycles. The summed E-state index contributed by atoms with van der Waals surface area (Å²) in [6, 6.07) is 7.79. The zero-order valence-corrected chi connectivity index (χ0v) is 12.9. The first-order valence-corrected chi connectivity index (χ1v) is 8.39. The number of fused-ring (bicyclic) bond motifs is 1. The molecule has 102 valence electrons. The molecule has 0 amide bonds. The number of nitrogens with zero attached hydrogens (tertiary/aromatic N) is 2. The lowest BCUT2D eigenvalue weighted by molar-refractivity contribution is 0.0701. The van der Waals surface area contributed by atoms with E-state index in [1.165, 1.54) is 34.6 Å². The molecule has 0 aliphatic rings. The van der Waals surface area contributed by atoms with Crippen LogP contribution in [-0.2, 0) is 5.75 Å². The number of carboxylic acid groups (broad SMARTS) is 1. The van der Waals surface area contributed by atoms with Crippen LogP contribution in [0.25, 0.3) is 10.1 Å². The predicted octanol–water partition coefficient (Wildman–Crippen LogP) is 4.05. The van der Waals surface area contributed by atoms with Gasteiger partial charge in [-0.15, -0.1) is 11.3 Å². The number of rotatable bonds is 4. The van der Waals surface area contributed by atoms with Crippen molar-refractivity contribution in [2.45, 2.75) is 17.0 Å². The van der Waals surface area contributed by atoms with Crippen molar-refractivity contribution in [1.29, 1.82) is 0 Å². The predicted molar refractivity (Wildman–Crippen MR) is 83.0 cm³/mol. The van der Waals surface area contributed by atoms with E-state index in [-0.39, 0.29) is 0 Å². The fourth-order valence-electron chi connectivity index (χ4n) is 1.89. The molecule has 0 atom stereocenters. The summed E-state index contributed by atoms with van der Waals surface area (Å²) < 4.78 is 6.01. The highest BCUT2D eigenvalue weighted by atomic mass is 32.2. The molecule has 0 radical (unpaired) electrons. The standard InChI is InChI=1S/C13H10N2O2S3/c1-7-14-13(20-15-7)18-6-9-8-4-2-3-5-10(8)19-11(9)12(16)17/h2-5H,6H2,1H3,(H,16,17). The first-order valence-electron chi connectivity index (χ1n) is 5.82. The summed E-state index contributed by atoms with van der Waals surface area (Å²) in [5.41, 5.74) is 0.871. The largest absolute Gasteiger partial charge is 0.477 e. The number of aryl methyl sites for hydroxylation is 1. The van der Waals surface area contributed by atoms with Crippen molar-refractivity contribution >= 4 is 50.7 Å². The van der Waals surface area contributed by atoms with Crippen LogP contribution in [-0.4, -0.2) is 20.4 Å². The SMILES string of the molecule is Cc1nsc(SCc2c(C(=O)O)sc3ccccc23)n1. The minimum atomic E-state index is -0.866. The average molecular weight is 322 g/mol. The van der Waals surface area contributed by atoms with Crippen molar-refractivity contribution < 1.29 is 9.90 Å². The number of hydrogen-bond acceptors (Lipinski definition) is 6. The zero-order valence-electron chi connectivity index (χ0n) is 10.5. The molecular formula is C13H10N2O2S3. The molecule has 1 N–H and O–H groups in total. The summed E-state index contributed by atoms with van der Waals surface area (Å²) in [5.74, 6) is 0.488. The van der Waals surface area contributed by atoms with Crippen LogP contribution in [0.1, 0.15) is 21.1 Å². The van der Waals surface area contributed by atoms with Gasteiger partial charge < -0.3 is 5.11 Å². The molecule has 0 saturated carbocycles. The first-order chi connectivity index (χ1) is 9.65. The molecule has 3 rings (SSSR count). The van der Waals surface area contributed by atoms with Crippen molar-refractivity contribution in [2.24, 2.45) is 0 Å². The maximum atomic E-state index is 11.4. The number of aromatic nitrogens is 2. The minimum Gasteiger partial charge on any atom is -0.477 e. The van der Waals surface area contributed by atoms with E-state index in [4.69, 9.17) is 0 Å². The lowest BCUT2D eigenvalue weighted by Gasteiger charge is -1.99. The van der Waals surface area contributed by atoms with E-state index in [0.717, 1.165) is 25.8 Å². The van der Waals surface area contributed by atoms with Crippen molar-refractivity contribution in [1.82, 2.24) is 9.36 Å². The lowest BCUT2D eigenvalue weighted by atomic mass is 10.1. The van der Waals surface area contributed by atoms with Gasteiger partial charge in [-0.05, 0) is 35.5 Å². The Hall–Kier alpha value is -1.44. The summed E-state index contributed by atoms with van der Waals surface area (Å²) in [4.78, 5) is 16.1. The van der Waals surface area contributed by atoms with E-state index < -0.39 is 5.97 Å². The number of thiophene rings is 1. The molecule has 7 heteroatoms. The van der Waals surface area contributed by atoms with Crippen LogP contribution in [0.3, 0.4) is 0 Å². The molecule has 0 aliphatic heterocycles. The van der Waals surface area contributed by atoms with E-state index in [0.29, 0.717) is 10.6 Å². The molecular weight excluding hydrogens is 312 g/mol. The third-order valence-electron chi connectivity index (χ3n) is 2.74. The third kappa shape index (κ3) is 2.56. The van der Waals surface area contributed by atoms with E-state index in [2.05, 4.69) is 9.36 Å². The van der Waals surface area contributed by atoms with Crippen molar-refractivity contribution in [3.8, 4) is 0 Å². The minimum absolute atomic E-state index is 0.417. The molecule has 0 saturated heterocycles. The highest BCUT2D eigenvalue weighted by Gasteiger charge is 2.18. The second-order valence-corrected chi connectivity index (χ2v) is 7.13. The van der Waals surface area contributed by atoms with Gasteiger partial charge in [-0.3, -0.25) is 0 Å². The molecule has 4 nitrogen and oxygen atoms in total. The molecule has 20 heavy (non-hydrogen) atoms. The highest BCUT2D eigenvalue weighted by molar-refractivity contribution is 8.00. The van der Waals surface area contributed by atoms with Crippen LogP contribution < -0.4 is 0 Å². The van der Waals surface area contributed by atoms with Crippen LogP contribution in [0.4, 0.5) is 0 Å². The molecule has 0 fully saturated rings. The third-order valence-corrected chi connectivity index (χ3v) is 5.89. The van der Waals surface area contributed by atoms with Gasteiger partial charge in [0.15, 0.2) is 4.34 Å². The summed E-state index contributed by atoms with van der Waals surface area (Å²) in [7, 11) is 0. The highest BCUT2D eigenvalue weighted by Crippen LogP contribution is 2.35. The Bertz CT molecular complexity index is 779. The normalized spacial score (nSPS) is 11.1. The van der Waals surface area contributed by atoms with Crippen LogP contribution in [0, 0.1) is 6.92 Å². The van der Waals surface area contributed by atoms with Gasteiger partial charge in [0, 0.05) is 10.5 Å². The average Bonchev–Trinajstić information content (AvgIpc) is 3.00. The number of carbonyl (C=O) groups is 1. The van der Waals surface area contributed by atoms with E-state index >= 15 is 0 Å². The quantitative estimate of drug-likeness (QED) is 0.734. The number of aromatic carboxylic acids is 1. The van der Waals surface area contributed by atoms with Crippen LogP contribution in [0.2, 0.25) is 0 Å². The number of carboxylic acids is 1. The Balaban J connectivity index is 1.96. The molecule has 1 aromatic carbocycles. The Labute approximate surface area is 127 Å². The first kappa shape index (κ1) is 13.5. The van der Waals surface area contributed by atoms with Gasteiger partial charge in [-0.25, -0.2) is 9.78 Å². The molecule has 0 spiro atoms. The Morgan fingerprint density at radius 2 is 2.20 bits per heavy atom. The van der Waals surface area contributed by atoms with Gasteiger partial charge in [0.05, 0.1) is 0 Å². The molecule has 2 heterocycles. The fraction of sp³-hybridized carbons (Fsp3) is 0.154. The number of thioether (sulfide) groups is 1. The molecule has 0 unspecified atom stereocenters. The van der Waals surface area contributed by atoms with Gasteiger partial charge in [-0.2, -0.15) is 4.37 Å². The van der Waals surface area contributed by atoms with E-state index in [9.17, 15) is 9.90 Å². The second-order valence-electron chi connectivity index (χ2n) is 4.11. The summed E-state index contributed by atoms with van der Waals surface area (Å²) >= 11 is 4.21. The van der Waals surface area contributed by atoms with Crippen LogP contribution in [0.15, 0.2) is 28.6 Å². The number of hydrogen-bond donors (Lipinski definition) is 1. The Kier molecular flexibility index (Phi) is 3.73. The monoisotopic (exact) mass is 322 g/mol. The van der Waals surface area contributed by atoms with E-state index in [1.54, 1.807) is 0 Å². The van der Waals surface area contributed by atoms with Gasteiger partial charge >= 0.3 is 5.97 Å². The smallest absolute Gasteiger partial charge is 0.346 e. The molecule has 3 aromatic rings. The van der Waals surface area contributed by atoms with Crippen molar-refractivity contribution in [2.75, 3.05) is 0 Å². The van der Waals surface area contributed by atoms with Crippen LogP contribution >= 0.6 is 34.6 Å². The van der Waals surface area contributed by atoms with E-state index in [1.807, 2.05) is 31.2 Å². The van der Waals surface area contributed by atoms with Crippen molar-refractivity contribution in [3.63, 3.8) is 0 Å². The van der Waals surface area contributed by atoms with Gasteiger partial charge in [-0.1, -0.05) is 30.0 Å².